The highest BCUT2D eigenvalue weighted by Gasteiger charge is 2.23. The molecule has 0 saturated carbocycles. The fourth-order valence-corrected chi connectivity index (χ4v) is 5.60. The second-order valence-corrected chi connectivity index (χ2v) is 10.5. The highest BCUT2D eigenvalue weighted by Crippen LogP contribution is 2.42. The maximum atomic E-state index is 5.63. The summed E-state index contributed by atoms with van der Waals surface area (Å²) in [4.78, 5) is 7.24. The van der Waals surface area contributed by atoms with Gasteiger partial charge in [-0.2, -0.15) is 0 Å². The van der Waals surface area contributed by atoms with Gasteiger partial charge < -0.3 is 14.5 Å². The van der Waals surface area contributed by atoms with Crippen molar-refractivity contribution in [1.29, 1.82) is 0 Å². The maximum Gasteiger partial charge on any atom is 0.119 e. The summed E-state index contributed by atoms with van der Waals surface area (Å²) in [6.07, 6.45) is 2.08. The Labute approximate surface area is 216 Å². The van der Waals surface area contributed by atoms with Crippen LogP contribution in [0.1, 0.15) is 42.5 Å². The van der Waals surface area contributed by atoms with Crippen molar-refractivity contribution in [3.63, 3.8) is 0 Å². The average molecular weight is 482 g/mol. The summed E-state index contributed by atoms with van der Waals surface area (Å²) < 4.78 is 5.63. The van der Waals surface area contributed by atoms with E-state index in [1.165, 1.54) is 44.8 Å². The van der Waals surface area contributed by atoms with Crippen molar-refractivity contribution < 1.29 is 4.74 Å². The van der Waals surface area contributed by atoms with Crippen LogP contribution in [0.25, 0.3) is 11.1 Å². The van der Waals surface area contributed by atoms with Crippen LogP contribution in [0.3, 0.4) is 0 Å². The number of hydrogen-bond acceptors (Lipinski definition) is 4. The molecule has 0 bridgehead atoms. The molecule has 0 aromatic heterocycles. The van der Waals surface area contributed by atoms with Crippen LogP contribution < -0.4 is 14.5 Å². The van der Waals surface area contributed by atoms with Crippen LogP contribution in [-0.4, -0.2) is 58.3 Å². The number of anilines is 2. The molecule has 1 heterocycles. The summed E-state index contributed by atoms with van der Waals surface area (Å²) in [5, 5.41) is 0. The standard InChI is InChI=1S/C32H39N3O/c1-23(2)34-18-20-35(21-19-34)28-14-8-26(9-15-28)32-30(24-6-12-27(13-7-24)33(3)4)17-11-25-10-16-29(36-5)22-31(25)32/h6-10,12-16,22-23H,11,17-21H2,1-5H3. The van der Waals surface area contributed by atoms with Crippen LogP contribution >= 0.6 is 0 Å². The highest BCUT2D eigenvalue weighted by atomic mass is 16.5. The molecule has 0 unspecified atom stereocenters. The van der Waals surface area contributed by atoms with Crippen molar-refractivity contribution in [3.05, 3.63) is 89.0 Å². The Hall–Kier alpha value is -3.24. The fraction of sp³-hybridized carbons (Fsp3) is 0.375. The van der Waals surface area contributed by atoms with E-state index in [2.05, 4.69) is 109 Å². The molecule has 0 spiro atoms. The van der Waals surface area contributed by atoms with Gasteiger partial charge in [0.25, 0.3) is 0 Å². The van der Waals surface area contributed by atoms with E-state index in [1.807, 2.05) is 0 Å². The van der Waals surface area contributed by atoms with Gasteiger partial charge in [0.1, 0.15) is 5.75 Å². The van der Waals surface area contributed by atoms with E-state index >= 15 is 0 Å². The van der Waals surface area contributed by atoms with Crippen molar-refractivity contribution in [2.24, 2.45) is 0 Å². The Balaban J connectivity index is 1.53. The van der Waals surface area contributed by atoms with Crippen molar-refractivity contribution in [2.75, 3.05) is 57.2 Å². The van der Waals surface area contributed by atoms with Gasteiger partial charge in [-0.15, -0.1) is 0 Å². The molecule has 0 radical (unpaired) electrons. The number of methoxy groups -OCH3 is 1. The third-order valence-electron chi connectivity index (χ3n) is 7.83. The lowest BCUT2D eigenvalue weighted by Gasteiger charge is -2.38. The predicted molar refractivity (Wildman–Crippen MR) is 153 cm³/mol. The zero-order chi connectivity index (χ0) is 25.2. The smallest absolute Gasteiger partial charge is 0.119 e. The lowest BCUT2D eigenvalue weighted by Crippen LogP contribution is -2.48. The normalized spacial score (nSPS) is 16.3. The Kier molecular flexibility index (Phi) is 7.06. The van der Waals surface area contributed by atoms with Crippen LogP contribution in [0.15, 0.2) is 66.7 Å². The van der Waals surface area contributed by atoms with E-state index in [-0.39, 0.29) is 0 Å². The quantitative estimate of drug-likeness (QED) is 0.417. The molecule has 1 aliphatic carbocycles. The summed E-state index contributed by atoms with van der Waals surface area (Å²) >= 11 is 0. The summed E-state index contributed by atoms with van der Waals surface area (Å²) in [7, 11) is 5.93. The number of allylic oxidation sites excluding steroid dienone is 1. The van der Waals surface area contributed by atoms with Crippen molar-refractivity contribution in [3.8, 4) is 5.75 Å². The van der Waals surface area contributed by atoms with Crippen LogP contribution in [0.2, 0.25) is 0 Å². The first-order chi connectivity index (χ1) is 17.4. The maximum absolute atomic E-state index is 5.63. The van der Waals surface area contributed by atoms with E-state index < -0.39 is 0 Å². The fourth-order valence-electron chi connectivity index (χ4n) is 5.60. The molecule has 36 heavy (non-hydrogen) atoms. The van der Waals surface area contributed by atoms with Gasteiger partial charge in [-0.1, -0.05) is 30.3 Å². The van der Waals surface area contributed by atoms with Crippen LogP contribution in [0.5, 0.6) is 5.75 Å². The van der Waals surface area contributed by atoms with Gasteiger partial charge in [0.05, 0.1) is 7.11 Å². The minimum atomic E-state index is 0.620. The molecule has 0 atom stereocenters. The summed E-state index contributed by atoms with van der Waals surface area (Å²) in [6.45, 7) is 9.02. The van der Waals surface area contributed by atoms with E-state index in [4.69, 9.17) is 4.74 Å². The molecule has 1 saturated heterocycles. The van der Waals surface area contributed by atoms with Gasteiger partial charge in [-0.3, -0.25) is 4.90 Å². The average Bonchev–Trinajstić information content (AvgIpc) is 2.92. The number of hydrogen-bond donors (Lipinski definition) is 0. The van der Waals surface area contributed by atoms with Crippen molar-refractivity contribution in [1.82, 2.24) is 4.90 Å². The Morgan fingerprint density at radius 1 is 0.778 bits per heavy atom. The summed E-state index contributed by atoms with van der Waals surface area (Å²) in [5.74, 6) is 0.912. The number of nitrogens with zero attached hydrogens (tertiary/aromatic N) is 3. The van der Waals surface area contributed by atoms with E-state index in [9.17, 15) is 0 Å². The lowest BCUT2D eigenvalue weighted by molar-refractivity contribution is 0.209. The molecule has 3 aromatic rings. The van der Waals surface area contributed by atoms with Gasteiger partial charge in [0, 0.05) is 57.7 Å². The molecule has 4 heteroatoms. The zero-order valence-electron chi connectivity index (χ0n) is 22.4. The number of fused-ring (bicyclic) bond motifs is 1. The first-order valence-corrected chi connectivity index (χ1v) is 13.2. The molecule has 5 rings (SSSR count). The molecule has 1 aliphatic heterocycles. The van der Waals surface area contributed by atoms with Crippen molar-refractivity contribution in [2.45, 2.75) is 32.7 Å². The van der Waals surface area contributed by atoms with Gasteiger partial charge in [0.2, 0.25) is 0 Å². The van der Waals surface area contributed by atoms with Gasteiger partial charge in [-0.05, 0) is 96.5 Å². The molecular weight excluding hydrogens is 442 g/mol. The van der Waals surface area contributed by atoms with Crippen LogP contribution in [-0.2, 0) is 6.42 Å². The Morgan fingerprint density at radius 3 is 2.06 bits per heavy atom. The number of piperazine rings is 1. The summed E-state index contributed by atoms with van der Waals surface area (Å²) in [5.41, 5.74) is 10.6. The molecule has 1 fully saturated rings. The molecule has 0 N–H and O–H groups in total. The first-order valence-electron chi connectivity index (χ1n) is 13.2. The highest BCUT2D eigenvalue weighted by molar-refractivity contribution is 6.01. The third kappa shape index (κ3) is 4.87. The van der Waals surface area contributed by atoms with E-state index in [1.54, 1.807) is 7.11 Å². The van der Waals surface area contributed by atoms with Crippen molar-refractivity contribution >= 4 is 22.5 Å². The SMILES string of the molecule is COc1ccc2c(c1)C(c1ccc(N3CCN(C(C)C)CC3)cc1)=C(c1ccc(N(C)C)cc1)CC2. The number of aryl methyl sites for hydroxylation is 1. The lowest BCUT2D eigenvalue weighted by atomic mass is 9.79. The predicted octanol–water partition coefficient (Wildman–Crippen LogP) is 6.20. The van der Waals surface area contributed by atoms with Gasteiger partial charge in [-0.25, -0.2) is 0 Å². The van der Waals surface area contributed by atoms with Gasteiger partial charge in [0.15, 0.2) is 0 Å². The Bertz CT molecular complexity index is 1220. The second-order valence-electron chi connectivity index (χ2n) is 10.5. The van der Waals surface area contributed by atoms with E-state index in [0.717, 1.165) is 44.8 Å². The molecule has 0 amide bonds. The summed E-state index contributed by atoms with van der Waals surface area (Å²) in [6, 6.07) is 25.4. The largest absolute Gasteiger partial charge is 0.497 e. The van der Waals surface area contributed by atoms with Crippen LogP contribution in [0, 0.1) is 0 Å². The minimum absolute atomic E-state index is 0.620. The zero-order valence-corrected chi connectivity index (χ0v) is 22.4. The molecule has 3 aromatic carbocycles. The molecule has 2 aliphatic rings. The monoisotopic (exact) mass is 481 g/mol. The van der Waals surface area contributed by atoms with Crippen LogP contribution in [0.4, 0.5) is 11.4 Å². The topological polar surface area (TPSA) is 19.0 Å². The number of ether oxygens (including phenoxy) is 1. The number of benzene rings is 3. The van der Waals surface area contributed by atoms with E-state index in [0.29, 0.717) is 6.04 Å². The molecule has 4 nitrogen and oxygen atoms in total. The molecular formula is C32H39N3O. The Morgan fingerprint density at radius 2 is 1.44 bits per heavy atom. The number of rotatable bonds is 6. The van der Waals surface area contributed by atoms with Gasteiger partial charge >= 0.3 is 0 Å². The second kappa shape index (κ2) is 10.4. The first kappa shape index (κ1) is 24.5. The minimum Gasteiger partial charge on any atom is -0.497 e. The third-order valence-corrected chi connectivity index (χ3v) is 7.83. The molecule has 188 valence electrons.